The van der Waals surface area contributed by atoms with Crippen molar-refractivity contribution in [1.29, 1.82) is 0 Å². The molecule has 300 valence electrons. The molecule has 15 nitrogen and oxygen atoms in total. The van der Waals surface area contributed by atoms with Crippen LogP contribution in [0.5, 0.6) is 11.5 Å². The number of benzene rings is 2. The fraction of sp³-hybridized carbons (Fsp3) is 0.488. The largest absolute Gasteiger partial charge is 0.508 e. The maximum Gasteiger partial charge on any atom is 0.220 e. The lowest BCUT2D eigenvalue weighted by Crippen LogP contribution is -2.58. The van der Waals surface area contributed by atoms with Crippen LogP contribution in [0.15, 0.2) is 74.1 Å². The van der Waals surface area contributed by atoms with E-state index < -0.39 is 48.8 Å². The van der Waals surface area contributed by atoms with Gasteiger partial charge < -0.3 is 50.0 Å². The lowest BCUT2D eigenvalue weighted by Gasteiger charge is -2.44. The fourth-order valence-electron chi connectivity index (χ4n) is 8.16. The standard InChI is InChI=1S/C41H49N3O12/c1-4-30-27-10-12-42-29(27)19-44(30)35-37-25(15-28-31(47)13-22(2)54-38(28)35)16-33(40(3,55-37)11-9-24-14-34(49)43-18-24)56-53-21-41(52,39(51)36(50)32(48)20-45)17-23-5-7-26(46)8-6-23/h5-8,10,12-13,15,24,32-33,36,39,45-46,48,50-52H,4,9,11,14,16-21H2,1-3H3,(H,43,49). The Morgan fingerprint density at radius 3 is 2.61 bits per heavy atom. The van der Waals surface area contributed by atoms with Gasteiger partial charge in [-0.15, -0.1) is 0 Å². The van der Waals surface area contributed by atoms with Gasteiger partial charge in [-0.25, -0.2) is 9.78 Å². The molecule has 4 aliphatic rings. The molecule has 7 N–H and O–H groups in total. The molecule has 7 atom stereocenters. The molecule has 2 aromatic carbocycles. The summed E-state index contributed by atoms with van der Waals surface area (Å²) in [6, 6.07) is 9.00. The Hall–Kier alpha value is -4.61. The SMILES string of the molecule is CCC1=C2C=CN=C2CN1c1c2c(cc3c(=O)cc(C)oc13)CC(OOCC(O)(Cc1ccc(O)cc1)C(O)C(O)C(O)CO)C(C)(CCC1CNC(=O)C1)O2. The summed E-state index contributed by atoms with van der Waals surface area (Å²) in [4.78, 5) is 44.2. The van der Waals surface area contributed by atoms with Crippen LogP contribution < -0.4 is 20.4 Å². The van der Waals surface area contributed by atoms with Gasteiger partial charge in [-0.2, -0.15) is 0 Å². The highest BCUT2D eigenvalue weighted by Gasteiger charge is 2.48. The van der Waals surface area contributed by atoms with Crippen molar-refractivity contribution in [3.05, 3.63) is 87.1 Å². The minimum Gasteiger partial charge on any atom is -0.508 e. The number of aliphatic hydroxyl groups excluding tert-OH is 4. The Labute approximate surface area is 323 Å². The van der Waals surface area contributed by atoms with Gasteiger partial charge in [0.1, 0.15) is 59.4 Å². The van der Waals surface area contributed by atoms with E-state index in [0.717, 1.165) is 17.0 Å². The molecular weight excluding hydrogens is 726 g/mol. The van der Waals surface area contributed by atoms with E-state index in [-0.39, 0.29) is 35.8 Å². The minimum atomic E-state index is -2.26. The van der Waals surface area contributed by atoms with E-state index >= 15 is 0 Å². The Morgan fingerprint density at radius 1 is 1.14 bits per heavy atom. The van der Waals surface area contributed by atoms with Crippen LogP contribution in [0.25, 0.3) is 11.0 Å². The lowest BCUT2D eigenvalue weighted by atomic mass is 9.83. The second-order valence-electron chi connectivity index (χ2n) is 15.5. The number of amides is 1. The van der Waals surface area contributed by atoms with Crippen LogP contribution in [-0.2, 0) is 27.4 Å². The summed E-state index contributed by atoms with van der Waals surface area (Å²) in [5.41, 5.74) is 1.38. The Bertz CT molecular complexity index is 2130. The fourth-order valence-corrected chi connectivity index (χ4v) is 8.16. The van der Waals surface area contributed by atoms with Gasteiger partial charge in [0.25, 0.3) is 0 Å². The third-order valence-electron chi connectivity index (χ3n) is 11.4. The molecule has 0 radical (unpaired) electrons. The summed E-state index contributed by atoms with van der Waals surface area (Å²) in [6.45, 7) is 5.03. The smallest absolute Gasteiger partial charge is 0.220 e. The lowest BCUT2D eigenvalue weighted by molar-refractivity contribution is -0.371. The Kier molecular flexibility index (Phi) is 11.1. The summed E-state index contributed by atoms with van der Waals surface area (Å²) in [6.07, 6.45) is -0.929. The predicted octanol–water partition coefficient (Wildman–Crippen LogP) is 2.23. The quantitative estimate of drug-likeness (QED) is 0.0871. The van der Waals surface area contributed by atoms with Crippen molar-refractivity contribution in [2.45, 2.75) is 94.9 Å². The molecule has 15 heteroatoms. The molecule has 1 amide bonds. The number of phenolic OH excluding ortho intramolecular Hbond substituents is 1. The summed E-state index contributed by atoms with van der Waals surface area (Å²) in [5.74, 6) is 0.947. The van der Waals surface area contributed by atoms with Crippen LogP contribution in [0.3, 0.4) is 0 Å². The second kappa shape index (κ2) is 15.7. The zero-order valence-corrected chi connectivity index (χ0v) is 31.6. The molecule has 5 heterocycles. The number of hydrogen-bond donors (Lipinski definition) is 7. The molecule has 3 aromatic rings. The summed E-state index contributed by atoms with van der Waals surface area (Å²) in [5, 5.41) is 66.3. The average molecular weight is 776 g/mol. The number of nitrogens with zero attached hydrogens (tertiary/aromatic N) is 2. The van der Waals surface area contributed by atoms with Crippen molar-refractivity contribution in [3.8, 4) is 11.5 Å². The molecule has 7 rings (SSSR count). The first kappa shape index (κ1) is 39.6. The third kappa shape index (κ3) is 7.60. The zero-order valence-electron chi connectivity index (χ0n) is 31.6. The van der Waals surface area contributed by atoms with E-state index in [1.54, 1.807) is 19.2 Å². The molecule has 1 saturated heterocycles. The first-order valence-corrected chi connectivity index (χ1v) is 19.0. The van der Waals surface area contributed by atoms with Crippen LogP contribution in [0, 0.1) is 12.8 Å². The van der Waals surface area contributed by atoms with E-state index in [1.165, 1.54) is 30.3 Å². The Balaban J connectivity index is 1.25. The van der Waals surface area contributed by atoms with Crippen molar-refractivity contribution in [1.82, 2.24) is 5.32 Å². The Morgan fingerprint density at radius 2 is 1.91 bits per heavy atom. The van der Waals surface area contributed by atoms with Crippen LogP contribution >= 0.6 is 0 Å². The van der Waals surface area contributed by atoms with Gasteiger partial charge in [0.15, 0.2) is 16.8 Å². The number of carbonyl (C=O) groups is 1. The number of anilines is 1. The molecule has 1 fully saturated rings. The molecule has 0 spiro atoms. The number of phenols is 1. The molecular formula is C41H49N3O12. The highest BCUT2D eigenvalue weighted by Crippen LogP contribution is 2.50. The van der Waals surface area contributed by atoms with Gasteiger partial charge in [-0.05, 0) is 68.9 Å². The zero-order chi connectivity index (χ0) is 39.9. The van der Waals surface area contributed by atoms with E-state index in [9.17, 15) is 40.2 Å². The highest BCUT2D eigenvalue weighted by atomic mass is 17.2. The highest BCUT2D eigenvalue weighted by molar-refractivity contribution is 6.13. The van der Waals surface area contributed by atoms with Crippen molar-refractivity contribution >= 4 is 28.3 Å². The van der Waals surface area contributed by atoms with E-state index in [2.05, 4.69) is 22.1 Å². The third-order valence-corrected chi connectivity index (χ3v) is 11.4. The maximum absolute atomic E-state index is 13.5. The van der Waals surface area contributed by atoms with Crippen molar-refractivity contribution in [2.24, 2.45) is 10.9 Å². The van der Waals surface area contributed by atoms with Crippen LogP contribution in [0.4, 0.5) is 5.69 Å². The molecule has 4 aliphatic heterocycles. The number of aryl methyl sites for hydroxylation is 1. The van der Waals surface area contributed by atoms with Crippen LogP contribution in [0.1, 0.15) is 56.4 Å². The van der Waals surface area contributed by atoms with Gasteiger partial charge in [0.2, 0.25) is 5.91 Å². The number of aliphatic hydroxyl groups is 5. The monoisotopic (exact) mass is 775 g/mol. The first-order chi connectivity index (χ1) is 26.7. The van der Waals surface area contributed by atoms with Crippen molar-refractivity contribution < 1.29 is 54.4 Å². The number of allylic oxidation sites excluding steroid dienone is 2. The van der Waals surface area contributed by atoms with E-state index in [1.807, 2.05) is 13.0 Å². The number of rotatable bonds is 15. The predicted molar refractivity (Wildman–Crippen MR) is 204 cm³/mol. The average Bonchev–Trinajstić information content (AvgIpc) is 3.90. The van der Waals surface area contributed by atoms with Gasteiger partial charge in [0, 0.05) is 54.9 Å². The van der Waals surface area contributed by atoms with Crippen LogP contribution in [0.2, 0.25) is 0 Å². The molecule has 0 bridgehead atoms. The number of fused-ring (bicyclic) bond motifs is 3. The number of ether oxygens (including phenoxy) is 1. The van der Waals surface area contributed by atoms with Gasteiger partial charge >= 0.3 is 0 Å². The van der Waals surface area contributed by atoms with E-state index in [0.29, 0.717) is 78.1 Å². The number of carbonyl (C=O) groups excluding carboxylic acids is 1. The number of aliphatic imine (C=N–C) groups is 1. The summed E-state index contributed by atoms with van der Waals surface area (Å²) >= 11 is 0. The second-order valence-corrected chi connectivity index (χ2v) is 15.5. The maximum atomic E-state index is 13.5. The van der Waals surface area contributed by atoms with Gasteiger partial charge in [-0.1, -0.05) is 19.1 Å². The molecule has 7 unspecified atom stereocenters. The summed E-state index contributed by atoms with van der Waals surface area (Å²) < 4.78 is 13.4. The molecule has 0 saturated carbocycles. The van der Waals surface area contributed by atoms with Gasteiger partial charge in [0.05, 0.1) is 24.2 Å². The topological polar surface area (TPSA) is 224 Å². The summed E-state index contributed by atoms with van der Waals surface area (Å²) in [7, 11) is 0. The minimum absolute atomic E-state index is 0.0210. The number of aromatic hydroxyl groups is 1. The van der Waals surface area contributed by atoms with E-state index in [4.69, 9.17) is 18.9 Å². The van der Waals surface area contributed by atoms with Crippen molar-refractivity contribution in [3.63, 3.8) is 0 Å². The first-order valence-electron chi connectivity index (χ1n) is 19.0. The number of hydrogen-bond acceptors (Lipinski definition) is 14. The number of nitrogens with one attached hydrogen (secondary N) is 1. The van der Waals surface area contributed by atoms with Gasteiger partial charge in [-0.3, -0.25) is 14.6 Å². The molecule has 0 aliphatic carbocycles. The normalized spacial score (nSPS) is 24.4. The molecule has 1 aromatic heterocycles. The van der Waals surface area contributed by atoms with Crippen LogP contribution in [-0.4, -0.2) is 104 Å². The van der Waals surface area contributed by atoms with Crippen molar-refractivity contribution in [2.75, 3.05) is 31.2 Å². The molecule has 56 heavy (non-hydrogen) atoms.